The molecule has 1 aromatic rings. The molecule has 36 heavy (non-hydrogen) atoms. The van der Waals surface area contributed by atoms with Gasteiger partial charge in [-0.1, -0.05) is 37.3 Å². The van der Waals surface area contributed by atoms with Crippen molar-refractivity contribution >= 4 is 23.6 Å². The smallest absolute Gasteiger partial charge is 0.306 e. The van der Waals surface area contributed by atoms with E-state index in [0.717, 1.165) is 5.56 Å². The summed E-state index contributed by atoms with van der Waals surface area (Å²) in [5, 5.41) is 5.34. The van der Waals surface area contributed by atoms with Gasteiger partial charge in [-0.25, -0.2) is 0 Å². The highest BCUT2D eigenvalue weighted by Crippen LogP contribution is 2.30. The number of Topliss-reactive ketones (excluding diaryl/α,β-unsaturated/α-hetero) is 1. The predicted octanol–water partition coefficient (Wildman–Crippen LogP) is 1.35. The number of hydrogen-bond acceptors (Lipinski definition) is 6. The van der Waals surface area contributed by atoms with Gasteiger partial charge in [0.2, 0.25) is 17.6 Å². The second kappa shape index (κ2) is 14.0. The van der Waals surface area contributed by atoms with E-state index in [1.54, 1.807) is 14.0 Å². The van der Waals surface area contributed by atoms with Crippen LogP contribution in [0.5, 0.6) is 0 Å². The average molecular weight is 509 g/mol. The van der Waals surface area contributed by atoms with Crippen molar-refractivity contribution in [3.8, 4) is 0 Å². The molecule has 9 nitrogen and oxygen atoms in total. The lowest BCUT2D eigenvalue weighted by molar-refractivity contribution is -0.151. The molecule has 1 aliphatic heterocycles. The lowest BCUT2D eigenvalue weighted by atomic mass is 9.96. The minimum absolute atomic E-state index is 0.0692. The molecule has 0 saturated carbocycles. The molecule has 200 valence electrons. The first-order valence-corrected chi connectivity index (χ1v) is 12.4. The molecule has 1 saturated heterocycles. The maximum absolute atomic E-state index is 14.6. The van der Waals surface area contributed by atoms with Gasteiger partial charge < -0.3 is 16.8 Å². The molecule has 3 atom stereocenters. The first-order chi connectivity index (χ1) is 17.1. The van der Waals surface area contributed by atoms with Crippen LogP contribution < -0.4 is 22.1 Å². The molecule has 0 spiro atoms. The number of likely N-dealkylation sites (tertiary alicyclic amines) is 1. The third-order valence-electron chi connectivity index (χ3n) is 6.35. The molecule has 0 aromatic heterocycles. The van der Waals surface area contributed by atoms with E-state index in [-0.39, 0.29) is 25.3 Å². The highest BCUT2D eigenvalue weighted by molar-refractivity contribution is 6.00. The van der Waals surface area contributed by atoms with Gasteiger partial charge in [-0.05, 0) is 57.7 Å². The molecule has 2 rings (SSSR count). The van der Waals surface area contributed by atoms with Crippen molar-refractivity contribution in [2.24, 2.45) is 16.5 Å². The van der Waals surface area contributed by atoms with E-state index in [0.29, 0.717) is 32.2 Å². The number of nitrogens with zero attached hydrogens (tertiary/aromatic N) is 2. The molecule has 2 amide bonds. The number of guanidine groups is 1. The lowest BCUT2D eigenvalue weighted by Crippen LogP contribution is -2.56. The zero-order valence-corrected chi connectivity index (χ0v) is 21.0. The Morgan fingerprint density at radius 1 is 1.22 bits per heavy atom. The number of ketones is 1. The summed E-state index contributed by atoms with van der Waals surface area (Å²) in [6, 6.07) is 6.66. The van der Waals surface area contributed by atoms with Crippen molar-refractivity contribution in [3.05, 3.63) is 35.9 Å². The third-order valence-corrected chi connectivity index (χ3v) is 6.35. The number of rotatable bonds is 14. The molecule has 11 heteroatoms. The largest absolute Gasteiger partial charge is 0.370 e. The number of likely N-dealkylation sites (N-methyl/N-ethyl adjacent to an activating group) is 1. The van der Waals surface area contributed by atoms with Crippen molar-refractivity contribution in [2.75, 3.05) is 20.1 Å². The monoisotopic (exact) mass is 508 g/mol. The van der Waals surface area contributed by atoms with Gasteiger partial charge in [0.25, 0.3) is 0 Å². The number of carbonyl (C=O) groups excluding carboxylic acids is 3. The number of alkyl halides is 2. The molecule has 0 bridgehead atoms. The van der Waals surface area contributed by atoms with Crippen LogP contribution in [0, 0.1) is 0 Å². The maximum atomic E-state index is 14.6. The van der Waals surface area contributed by atoms with Crippen LogP contribution in [0.1, 0.15) is 51.0 Å². The molecule has 0 aliphatic carbocycles. The maximum Gasteiger partial charge on any atom is 0.306 e. The summed E-state index contributed by atoms with van der Waals surface area (Å²) in [6.07, 6.45) is 1.22. The number of aliphatic imine (C=N–C) groups is 1. The Labute approximate surface area is 211 Å². The van der Waals surface area contributed by atoms with Crippen molar-refractivity contribution in [2.45, 2.75) is 75.9 Å². The number of hydrogen-bond donors (Lipinski definition) is 4. The molecule has 1 aliphatic rings. The predicted molar refractivity (Wildman–Crippen MR) is 134 cm³/mol. The van der Waals surface area contributed by atoms with Gasteiger partial charge in [0, 0.05) is 13.0 Å². The SMILES string of the molecule is CCCC(F)(F)C(=O)C(CCCN=C(N)N)N1CCC[C@H]1C(=O)NC(=O)[C@@H](Cc1ccccc1)NC. The average Bonchev–Trinajstić information content (AvgIpc) is 3.32. The van der Waals surface area contributed by atoms with E-state index in [1.165, 1.54) is 4.90 Å². The summed E-state index contributed by atoms with van der Waals surface area (Å²) in [6.45, 7) is 2.06. The Morgan fingerprint density at radius 2 is 1.92 bits per heavy atom. The van der Waals surface area contributed by atoms with Crippen molar-refractivity contribution < 1.29 is 23.2 Å². The Hall–Kier alpha value is -2.92. The molecule has 0 radical (unpaired) electrons. The number of nitrogens with one attached hydrogen (secondary N) is 2. The number of carbonyl (C=O) groups is 3. The topological polar surface area (TPSA) is 143 Å². The van der Waals surface area contributed by atoms with Gasteiger partial charge in [-0.3, -0.25) is 29.6 Å². The van der Waals surface area contributed by atoms with Gasteiger partial charge in [0.15, 0.2) is 5.96 Å². The normalized spacial score (nSPS) is 17.8. The number of amides is 2. The van der Waals surface area contributed by atoms with Gasteiger partial charge in [0.1, 0.15) is 0 Å². The van der Waals surface area contributed by atoms with Gasteiger partial charge in [-0.2, -0.15) is 8.78 Å². The van der Waals surface area contributed by atoms with Crippen molar-refractivity contribution in [1.82, 2.24) is 15.5 Å². The molecule has 1 aromatic carbocycles. The molecule has 1 heterocycles. The fraction of sp³-hybridized carbons (Fsp3) is 0.600. The quantitative estimate of drug-likeness (QED) is 0.169. The van der Waals surface area contributed by atoms with Gasteiger partial charge in [0.05, 0.1) is 18.1 Å². The van der Waals surface area contributed by atoms with Crippen molar-refractivity contribution in [1.29, 1.82) is 0 Å². The first kappa shape index (κ1) is 29.3. The molecular weight excluding hydrogens is 470 g/mol. The lowest BCUT2D eigenvalue weighted by Gasteiger charge is -2.33. The molecule has 6 N–H and O–H groups in total. The zero-order valence-electron chi connectivity index (χ0n) is 21.0. The highest BCUT2D eigenvalue weighted by Gasteiger charge is 2.47. The molecule has 1 unspecified atom stereocenters. The second-order valence-corrected chi connectivity index (χ2v) is 9.06. The fourth-order valence-electron chi connectivity index (χ4n) is 4.53. The Morgan fingerprint density at radius 3 is 2.53 bits per heavy atom. The van der Waals surface area contributed by atoms with Crippen LogP contribution in [0.25, 0.3) is 0 Å². The van der Waals surface area contributed by atoms with E-state index >= 15 is 0 Å². The van der Waals surface area contributed by atoms with Crippen LogP contribution in [0.4, 0.5) is 8.78 Å². The number of benzene rings is 1. The molecular formula is C25H38F2N6O3. The van der Waals surface area contributed by atoms with Crippen LogP contribution in [0.2, 0.25) is 0 Å². The standard InChI is InChI=1S/C25H38F2N6O3/c1-3-13-25(26,27)21(34)19(11-7-14-31-24(28)29)33-15-8-12-20(33)23(36)32-22(35)18(30-2)16-17-9-5-4-6-10-17/h4-6,9-10,18-20,30H,3,7-8,11-16H2,1-2H3,(H4,28,29,31)(H,32,35,36)/t18-,19?,20+/m1/s1. The van der Waals surface area contributed by atoms with Crippen LogP contribution >= 0.6 is 0 Å². The van der Waals surface area contributed by atoms with E-state index in [1.807, 2.05) is 30.3 Å². The summed E-state index contributed by atoms with van der Waals surface area (Å²) in [5.41, 5.74) is 11.6. The molecule has 1 fully saturated rings. The summed E-state index contributed by atoms with van der Waals surface area (Å²) in [7, 11) is 1.63. The van der Waals surface area contributed by atoms with Crippen LogP contribution in [0.15, 0.2) is 35.3 Å². The van der Waals surface area contributed by atoms with Crippen LogP contribution in [-0.2, 0) is 20.8 Å². The fourth-order valence-corrected chi connectivity index (χ4v) is 4.53. The van der Waals surface area contributed by atoms with E-state index in [9.17, 15) is 23.2 Å². The zero-order chi connectivity index (χ0) is 26.7. The first-order valence-electron chi connectivity index (χ1n) is 12.4. The minimum atomic E-state index is -3.51. The van der Waals surface area contributed by atoms with Crippen LogP contribution in [0.3, 0.4) is 0 Å². The highest BCUT2D eigenvalue weighted by atomic mass is 19.3. The van der Waals surface area contributed by atoms with Crippen LogP contribution in [-0.4, -0.2) is 72.6 Å². The number of imide groups is 1. The minimum Gasteiger partial charge on any atom is -0.370 e. The van der Waals surface area contributed by atoms with Crippen molar-refractivity contribution in [3.63, 3.8) is 0 Å². The summed E-state index contributed by atoms with van der Waals surface area (Å²) >= 11 is 0. The third kappa shape index (κ3) is 8.34. The Kier molecular flexibility index (Phi) is 11.4. The summed E-state index contributed by atoms with van der Waals surface area (Å²) < 4.78 is 29.3. The van der Waals surface area contributed by atoms with E-state index in [4.69, 9.17) is 11.5 Å². The summed E-state index contributed by atoms with van der Waals surface area (Å²) in [4.78, 5) is 44.2. The second-order valence-electron chi connectivity index (χ2n) is 9.06. The summed E-state index contributed by atoms with van der Waals surface area (Å²) in [5.74, 6) is -5.95. The van der Waals surface area contributed by atoms with E-state index < -0.39 is 48.1 Å². The number of nitrogens with two attached hydrogens (primary N) is 2. The Balaban J connectivity index is 2.15. The Bertz CT molecular complexity index is 908. The van der Waals surface area contributed by atoms with E-state index in [2.05, 4.69) is 15.6 Å². The van der Waals surface area contributed by atoms with Gasteiger partial charge >= 0.3 is 5.92 Å². The van der Waals surface area contributed by atoms with Gasteiger partial charge in [-0.15, -0.1) is 0 Å². The number of halogens is 2.